The average Bonchev–Trinajstić information content (AvgIpc) is 3.55. The van der Waals surface area contributed by atoms with Gasteiger partial charge in [-0.05, 0) is 101 Å². The molecule has 0 radical (unpaired) electrons. The maximum atomic E-state index is 6.07. The van der Waals surface area contributed by atoms with E-state index in [9.17, 15) is 0 Å². The van der Waals surface area contributed by atoms with Crippen molar-refractivity contribution in [2.24, 2.45) is 0 Å². The molecule has 2 aliphatic heterocycles. The van der Waals surface area contributed by atoms with Crippen LogP contribution in [-0.2, 0) is 0 Å². The molecule has 2 aromatic carbocycles. The summed E-state index contributed by atoms with van der Waals surface area (Å²) in [4.78, 5) is 5.09. The van der Waals surface area contributed by atoms with E-state index in [4.69, 9.17) is 9.47 Å². The highest BCUT2D eigenvalue weighted by molar-refractivity contribution is 7.25. The first-order chi connectivity index (χ1) is 15.3. The molecular weight excluding hydrogens is 404 g/mol. The van der Waals surface area contributed by atoms with Crippen molar-refractivity contribution in [2.45, 2.75) is 38.5 Å². The molecule has 0 atom stereocenters. The number of fused-ring (bicyclic) bond motifs is 3. The van der Waals surface area contributed by atoms with Crippen molar-refractivity contribution < 1.29 is 9.47 Å². The van der Waals surface area contributed by atoms with Crippen molar-refractivity contribution in [3.8, 4) is 11.5 Å². The Labute approximate surface area is 189 Å². The highest BCUT2D eigenvalue weighted by Crippen LogP contribution is 2.37. The maximum absolute atomic E-state index is 6.07. The predicted molar refractivity (Wildman–Crippen MR) is 131 cm³/mol. The third kappa shape index (κ3) is 5.33. The van der Waals surface area contributed by atoms with Crippen molar-refractivity contribution >= 4 is 31.5 Å². The number of likely N-dealkylation sites (tertiary alicyclic amines) is 2. The van der Waals surface area contributed by atoms with Gasteiger partial charge in [0.25, 0.3) is 0 Å². The maximum Gasteiger partial charge on any atom is 0.120 e. The van der Waals surface area contributed by atoms with Gasteiger partial charge in [0.2, 0.25) is 0 Å². The van der Waals surface area contributed by atoms with Crippen molar-refractivity contribution in [3.05, 3.63) is 36.4 Å². The van der Waals surface area contributed by atoms with Crippen LogP contribution in [0.5, 0.6) is 11.5 Å². The molecule has 31 heavy (non-hydrogen) atoms. The van der Waals surface area contributed by atoms with Gasteiger partial charge in [0.1, 0.15) is 11.5 Å². The number of rotatable bonds is 10. The van der Waals surface area contributed by atoms with E-state index in [1.54, 1.807) is 0 Å². The molecule has 0 bridgehead atoms. The first-order valence-electron chi connectivity index (χ1n) is 12.0. The van der Waals surface area contributed by atoms with Crippen LogP contribution in [-0.4, -0.2) is 62.3 Å². The Morgan fingerprint density at radius 3 is 1.87 bits per heavy atom. The summed E-state index contributed by atoms with van der Waals surface area (Å²) in [5, 5.41) is 2.59. The van der Waals surface area contributed by atoms with Crippen LogP contribution in [0.25, 0.3) is 20.2 Å². The van der Waals surface area contributed by atoms with E-state index < -0.39 is 0 Å². The lowest BCUT2D eigenvalue weighted by Gasteiger charge is -2.14. The molecule has 2 aliphatic rings. The van der Waals surface area contributed by atoms with Crippen LogP contribution in [0.2, 0.25) is 0 Å². The van der Waals surface area contributed by atoms with Gasteiger partial charge in [-0.1, -0.05) is 0 Å². The SMILES string of the molecule is c1cc2c(cc1OCCCN1CCCC1)sc1ccc(OCCCN3CCCC3)cc12. The summed E-state index contributed by atoms with van der Waals surface area (Å²) >= 11 is 1.84. The van der Waals surface area contributed by atoms with E-state index in [1.807, 2.05) is 11.3 Å². The molecular formula is C26H34N2O2S. The second-order valence-electron chi connectivity index (χ2n) is 8.92. The number of ether oxygens (including phenoxy) is 2. The smallest absolute Gasteiger partial charge is 0.120 e. The molecule has 3 heterocycles. The van der Waals surface area contributed by atoms with Crippen LogP contribution < -0.4 is 9.47 Å². The Bertz CT molecular complexity index is 990. The lowest BCUT2D eigenvalue weighted by Crippen LogP contribution is -2.21. The molecule has 5 heteroatoms. The van der Waals surface area contributed by atoms with Gasteiger partial charge >= 0.3 is 0 Å². The summed E-state index contributed by atoms with van der Waals surface area (Å²) in [5.41, 5.74) is 0. The third-order valence-electron chi connectivity index (χ3n) is 6.59. The fourth-order valence-electron chi connectivity index (χ4n) is 4.89. The third-order valence-corrected chi connectivity index (χ3v) is 7.72. The number of benzene rings is 2. The molecule has 2 saturated heterocycles. The van der Waals surface area contributed by atoms with Gasteiger partial charge in [-0.2, -0.15) is 0 Å². The second-order valence-corrected chi connectivity index (χ2v) is 10.0. The molecule has 0 amide bonds. The molecule has 3 aromatic rings. The minimum absolute atomic E-state index is 0.791. The van der Waals surface area contributed by atoms with Gasteiger partial charge in [0.05, 0.1) is 13.2 Å². The van der Waals surface area contributed by atoms with Gasteiger partial charge in [0.15, 0.2) is 0 Å². The summed E-state index contributed by atoms with van der Waals surface area (Å²) in [6.45, 7) is 8.95. The number of hydrogen-bond acceptors (Lipinski definition) is 5. The van der Waals surface area contributed by atoms with E-state index in [1.165, 1.54) is 72.0 Å². The molecule has 0 spiro atoms. The normalized spacial score (nSPS) is 17.8. The summed E-state index contributed by atoms with van der Waals surface area (Å²) in [6, 6.07) is 13.1. The molecule has 0 aliphatic carbocycles. The van der Waals surface area contributed by atoms with E-state index in [0.29, 0.717) is 0 Å². The second kappa shape index (κ2) is 10.2. The van der Waals surface area contributed by atoms with Crippen LogP contribution in [0.3, 0.4) is 0 Å². The Kier molecular flexibility index (Phi) is 6.92. The van der Waals surface area contributed by atoms with E-state index >= 15 is 0 Å². The molecule has 0 saturated carbocycles. The first-order valence-corrected chi connectivity index (χ1v) is 12.8. The van der Waals surface area contributed by atoms with Crippen molar-refractivity contribution in [2.75, 3.05) is 52.5 Å². The van der Waals surface area contributed by atoms with Gasteiger partial charge < -0.3 is 19.3 Å². The van der Waals surface area contributed by atoms with E-state index in [0.717, 1.165) is 50.6 Å². The Morgan fingerprint density at radius 2 is 1.23 bits per heavy atom. The number of nitrogens with zero attached hydrogens (tertiary/aromatic N) is 2. The molecule has 4 nitrogen and oxygen atoms in total. The fraction of sp³-hybridized carbons (Fsp3) is 0.538. The van der Waals surface area contributed by atoms with Crippen molar-refractivity contribution in [1.82, 2.24) is 9.80 Å². The van der Waals surface area contributed by atoms with Crippen LogP contribution in [0.4, 0.5) is 0 Å². The average molecular weight is 439 g/mol. The van der Waals surface area contributed by atoms with Gasteiger partial charge in [-0.15, -0.1) is 11.3 Å². The van der Waals surface area contributed by atoms with Crippen LogP contribution in [0.1, 0.15) is 38.5 Å². The molecule has 0 unspecified atom stereocenters. The highest BCUT2D eigenvalue weighted by atomic mass is 32.1. The van der Waals surface area contributed by atoms with Crippen molar-refractivity contribution in [3.63, 3.8) is 0 Å². The van der Waals surface area contributed by atoms with E-state index in [2.05, 4.69) is 46.2 Å². The standard InChI is InChI=1S/C26H34N2O2S/c1-2-12-27(11-1)15-5-17-29-21-8-10-25-24(19-21)23-9-7-22(20-26(23)31-25)30-18-6-16-28-13-3-4-14-28/h7-10,19-20H,1-6,11-18H2. The number of hydrogen-bond donors (Lipinski definition) is 0. The minimum atomic E-state index is 0.791. The minimum Gasteiger partial charge on any atom is -0.494 e. The molecule has 5 rings (SSSR count). The van der Waals surface area contributed by atoms with E-state index in [-0.39, 0.29) is 0 Å². The zero-order chi connectivity index (χ0) is 20.9. The Hall–Kier alpha value is -1.82. The number of thiophene rings is 1. The molecule has 166 valence electrons. The molecule has 0 N–H and O–H groups in total. The van der Waals surface area contributed by atoms with Crippen LogP contribution in [0.15, 0.2) is 36.4 Å². The summed E-state index contributed by atoms with van der Waals surface area (Å²) in [6.07, 6.45) is 7.62. The van der Waals surface area contributed by atoms with Gasteiger partial charge in [0, 0.05) is 33.3 Å². The van der Waals surface area contributed by atoms with Gasteiger partial charge in [-0.3, -0.25) is 0 Å². The summed E-state index contributed by atoms with van der Waals surface area (Å²) in [5.74, 6) is 1.97. The lowest BCUT2D eigenvalue weighted by molar-refractivity contribution is 0.263. The van der Waals surface area contributed by atoms with Crippen molar-refractivity contribution in [1.29, 1.82) is 0 Å². The van der Waals surface area contributed by atoms with Crippen LogP contribution in [0, 0.1) is 0 Å². The summed E-state index contributed by atoms with van der Waals surface area (Å²) in [7, 11) is 0. The fourth-order valence-corrected chi connectivity index (χ4v) is 6.00. The topological polar surface area (TPSA) is 24.9 Å². The quantitative estimate of drug-likeness (QED) is 0.374. The monoisotopic (exact) mass is 438 g/mol. The zero-order valence-electron chi connectivity index (χ0n) is 18.5. The molecule has 2 fully saturated rings. The van der Waals surface area contributed by atoms with Crippen LogP contribution >= 0.6 is 11.3 Å². The summed E-state index contributed by atoms with van der Waals surface area (Å²) < 4.78 is 14.7. The lowest BCUT2D eigenvalue weighted by atomic mass is 10.1. The molecule has 1 aromatic heterocycles. The zero-order valence-corrected chi connectivity index (χ0v) is 19.3. The Balaban J connectivity index is 1.17. The predicted octanol–water partition coefficient (Wildman–Crippen LogP) is 5.78. The first kappa shape index (κ1) is 21.0. The Morgan fingerprint density at radius 1 is 0.645 bits per heavy atom. The van der Waals surface area contributed by atoms with Gasteiger partial charge in [-0.25, -0.2) is 0 Å². The highest BCUT2D eigenvalue weighted by Gasteiger charge is 2.12. The largest absolute Gasteiger partial charge is 0.494 e.